The molecule has 0 N–H and O–H groups in total. The molecule has 1 fully saturated rings. The van der Waals surface area contributed by atoms with Crippen molar-refractivity contribution in [1.82, 2.24) is 4.90 Å². The molecule has 1 saturated heterocycles. The highest BCUT2D eigenvalue weighted by atomic mass is 15.2. The summed E-state index contributed by atoms with van der Waals surface area (Å²) in [5.74, 6) is 2.70. The zero-order valence-electron chi connectivity index (χ0n) is 11.5. The molecule has 0 amide bonds. The van der Waals surface area contributed by atoms with Gasteiger partial charge < -0.3 is 0 Å². The predicted octanol–water partition coefficient (Wildman–Crippen LogP) is 3.79. The fourth-order valence-corrected chi connectivity index (χ4v) is 2.64. The van der Waals surface area contributed by atoms with E-state index >= 15 is 0 Å². The van der Waals surface area contributed by atoms with Gasteiger partial charge >= 0.3 is 0 Å². The first kappa shape index (κ1) is 13.0. The molecule has 1 unspecified atom stereocenters. The fraction of sp³-hybridized carbons (Fsp3) is 1.00. The molecule has 1 heteroatoms. The summed E-state index contributed by atoms with van der Waals surface area (Å²) in [6, 6.07) is 0. The molecule has 0 radical (unpaired) electrons. The van der Waals surface area contributed by atoms with Gasteiger partial charge in [-0.2, -0.15) is 0 Å². The van der Waals surface area contributed by atoms with Crippen LogP contribution in [0.5, 0.6) is 0 Å². The lowest BCUT2D eigenvalue weighted by Crippen LogP contribution is -2.47. The molecule has 1 aliphatic heterocycles. The summed E-state index contributed by atoms with van der Waals surface area (Å²) < 4.78 is 0. The largest absolute Gasteiger partial charge is 0.298 e. The van der Waals surface area contributed by atoms with Crippen LogP contribution in [0, 0.1) is 17.8 Å². The van der Waals surface area contributed by atoms with Gasteiger partial charge in [-0.3, -0.25) is 4.90 Å². The van der Waals surface area contributed by atoms with E-state index in [-0.39, 0.29) is 0 Å². The fourth-order valence-electron chi connectivity index (χ4n) is 2.64. The Labute approximate surface area is 96.2 Å². The Hall–Kier alpha value is -0.0400. The Balaban J connectivity index is 2.42. The molecular formula is C14H29N. The van der Waals surface area contributed by atoms with Crippen LogP contribution in [-0.2, 0) is 0 Å². The summed E-state index contributed by atoms with van der Waals surface area (Å²) >= 11 is 0. The predicted molar refractivity (Wildman–Crippen MR) is 68.1 cm³/mol. The van der Waals surface area contributed by atoms with E-state index in [0.717, 1.165) is 17.8 Å². The smallest absolute Gasteiger partial charge is 0.0125 e. The van der Waals surface area contributed by atoms with Gasteiger partial charge in [-0.1, -0.05) is 20.8 Å². The normalized spacial score (nSPS) is 23.4. The topological polar surface area (TPSA) is 3.24 Å². The first-order valence-electron chi connectivity index (χ1n) is 6.57. The summed E-state index contributed by atoms with van der Waals surface area (Å²) in [6.07, 6.45) is 2.80. The van der Waals surface area contributed by atoms with E-state index in [2.05, 4.69) is 46.4 Å². The van der Waals surface area contributed by atoms with Gasteiger partial charge in [0.2, 0.25) is 0 Å². The molecule has 0 aromatic rings. The van der Waals surface area contributed by atoms with Crippen LogP contribution >= 0.6 is 0 Å². The number of rotatable bonds is 2. The third-order valence-electron chi connectivity index (χ3n) is 4.28. The highest BCUT2D eigenvalue weighted by molar-refractivity contribution is 4.83. The van der Waals surface area contributed by atoms with Crippen molar-refractivity contribution in [2.24, 2.45) is 17.8 Å². The maximum atomic E-state index is 2.64. The number of likely N-dealkylation sites (tertiary alicyclic amines) is 1. The molecule has 1 aliphatic rings. The minimum atomic E-state index is 0.367. The zero-order chi connectivity index (χ0) is 11.6. The quantitative estimate of drug-likeness (QED) is 0.672. The van der Waals surface area contributed by atoms with Crippen molar-refractivity contribution in [1.29, 1.82) is 0 Å². The molecule has 1 rings (SSSR count). The number of hydrogen-bond donors (Lipinski definition) is 0. The Kier molecular flexibility index (Phi) is 4.22. The van der Waals surface area contributed by atoms with Crippen LogP contribution in [0.25, 0.3) is 0 Å². The van der Waals surface area contributed by atoms with E-state index in [9.17, 15) is 0 Å². The minimum absolute atomic E-state index is 0.367. The van der Waals surface area contributed by atoms with Crippen LogP contribution in [0.2, 0.25) is 0 Å². The average Bonchev–Trinajstić information content (AvgIpc) is 2.15. The van der Waals surface area contributed by atoms with Crippen LogP contribution in [0.1, 0.15) is 54.4 Å². The van der Waals surface area contributed by atoms with E-state index in [4.69, 9.17) is 0 Å². The second-order valence-corrected chi connectivity index (χ2v) is 6.60. The molecule has 0 aromatic carbocycles. The summed E-state index contributed by atoms with van der Waals surface area (Å²) in [5, 5.41) is 0. The third-order valence-corrected chi connectivity index (χ3v) is 4.28. The Bertz CT molecular complexity index is 182. The van der Waals surface area contributed by atoms with E-state index in [1.807, 2.05) is 0 Å². The van der Waals surface area contributed by atoms with Gasteiger partial charge in [-0.05, 0) is 64.5 Å². The summed E-state index contributed by atoms with van der Waals surface area (Å²) in [5.41, 5.74) is 0.367. The molecule has 1 atom stereocenters. The zero-order valence-corrected chi connectivity index (χ0v) is 11.5. The average molecular weight is 211 g/mol. The van der Waals surface area contributed by atoms with Crippen LogP contribution in [0.4, 0.5) is 0 Å². The van der Waals surface area contributed by atoms with Crippen LogP contribution in [0.15, 0.2) is 0 Å². The maximum Gasteiger partial charge on any atom is 0.0125 e. The second kappa shape index (κ2) is 4.86. The second-order valence-electron chi connectivity index (χ2n) is 6.60. The Morgan fingerprint density at radius 2 is 1.47 bits per heavy atom. The number of piperidine rings is 1. The molecular weight excluding hydrogens is 182 g/mol. The summed E-state index contributed by atoms with van der Waals surface area (Å²) in [4.78, 5) is 2.64. The highest BCUT2D eigenvalue weighted by Gasteiger charge is 2.29. The van der Waals surface area contributed by atoms with E-state index in [1.165, 1.54) is 25.9 Å². The van der Waals surface area contributed by atoms with Crippen LogP contribution in [0.3, 0.4) is 0 Å². The van der Waals surface area contributed by atoms with Crippen molar-refractivity contribution in [3.63, 3.8) is 0 Å². The van der Waals surface area contributed by atoms with Gasteiger partial charge in [0.05, 0.1) is 0 Å². The lowest BCUT2D eigenvalue weighted by atomic mass is 9.78. The van der Waals surface area contributed by atoms with Crippen molar-refractivity contribution < 1.29 is 0 Å². The number of hydrogen-bond acceptors (Lipinski definition) is 1. The van der Waals surface area contributed by atoms with Gasteiger partial charge in [0.15, 0.2) is 0 Å². The van der Waals surface area contributed by atoms with E-state index in [0.29, 0.717) is 5.54 Å². The highest BCUT2D eigenvalue weighted by Crippen LogP contribution is 2.31. The van der Waals surface area contributed by atoms with E-state index in [1.54, 1.807) is 0 Å². The summed E-state index contributed by atoms with van der Waals surface area (Å²) in [6.45, 7) is 16.7. The minimum Gasteiger partial charge on any atom is -0.298 e. The molecule has 1 nitrogen and oxygen atoms in total. The molecule has 0 saturated carbocycles. The van der Waals surface area contributed by atoms with Gasteiger partial charge in [-0.25, -0.2) is 0 Å². The van der Waals surface area contributed by atoms with Gasteiger partial charge in [0, 0.05) is 5.54 Å². The molecule has 0 aromatic heterocycles. The van der Waals surface area contributed by atoms with Crippen molar-refractivity contribution in [3.05, 3.63) is 0 Å². The first-order chi connectivity index (χ1) is 6.82. The van der Waals surface area contributed by atoms with Crippen molar-refractivity contribution >= 4 is 0 Å². The molecule has 0 bridgehead atoms. The molecule has 0 aliphatic carbocycles. The molecule has 0 spiro atoms. The number of nitrogens with zero attached hydrogens (tertiary/aromatic N) is 1. The van der Waals surface area contributed by atoms with Crippen LogP contribution in [-0.4, -0.2) is 23.5 Å². The van der Waals surface area contributed by atoms with Crippen LogP contribution < -0.4 is 0 Å². The van der Waals surface area contributed by atoms with Crippen molar-refractivity contribution in [2.75, 3.05) is 13.1 Å². The monoisotopic (exact) mass is 211 g/mol. The summed E-state index contributed by atoms with van der Waals surface area (Å²) in [7, 11) is 0. The SMILES string of the molecule is CC(C)C(C)C1CCN(C(C)(C)C)CC1. The Morgan fingerprint density at radius 1 is 1.00 bits per heavy atom. The lowest BCUT2D eigenvalue weighted by molar-refractivity contribution is 0.0652. The lowest BCUT2D eigenvalue weighted by Gasteiger charge is -2.42. The molecule has 15 heavy (non-hydrogen) atoms. The maximum absolute atomic E-state index is 2.64. The van der Waals surface area contributed by atoms with Gasteiger partial charge in [0.25, 0.3) is 0 Å². The standard InChI is InChI=1S/C14H29N/c1-11(2)12(3)13-7-9-15(10-8-13)14(4,5)6/h11-13H,7-10H2,1-6H3. The van der Waals surface area contributed by atoms with Crippen molar-refractivity contribution in [3.8, 4) is 0 Å². The van der Waals surface area contributed by atoms with Crippen molar-refractivity contribution in [2.45, 2.75) is 59.9 Å². The van der Waals surface area contributed by atoms with Gasteiger partial charge in [0.1, 0.15) is 0 Å². The van der Waals surface area contributed by atoms with E-state index < -0.39 is 0 Å². The molecule has 90 valence electrons. The third kappa shape index (κ3) is 3.48. The van der Waals surface area contributed by atoms with Gasteiger partial charge in [-0.15, -0.1) is 0 Å². The molecule has 1 heterocycles. The first-order valence-corrected chi connectivity index (χ1v) is 6.57. The Morgan fingerprint density at radius 3 is 1.80 bits per heavy atom.